The van der Waals surface area contributed by atoms with E-state index in [-0.39, 0.29) is 6.04 Å². The highest BCUT2D eigenvalue weighted by atomic mass is 16.5. The van der Waals surface area contributed by atoms with Crippen LogP contribution in [0.1, 0.15) is 25.0 Å². The Kier molecular flexibility index (Phi) is 3.53. The third-order valence-corrected chi connectivity index (χ3v) is 4.00. The van der Waals surface area contributed by atoms with Crippen molar-refractivity contribution >= 4 is 5.95 Å². The highest BCUT2D eigenvalue weighted by Gasteiger charge is 2.22. The number of aryl methyl sites for hydroxylation is 2. The van der Waals surface area contributed by atoms with Gasteiger partial charge in [0.2, 0.25) is 0 Å². The predicted octanol–water partition coefficient (Wildman–Crippen LogP) is 2.32. The number of anilines is 1. The zero-order valence-corrected chi connectivity index (χ0v) is 12.9. The van der Waals surface area contributed by atoms with Crippen molar-refractivity contribution in [1.82, 2.24) is 24.9 Å². The predicted molar refractivity (Wildman–Crippen MR) is 84.9 cm³/mol. The van der Waals surface area contributed by atoms with Gasteiger partial charge in [-0.1, -0.05) is 25.1 Å². The van der Waals surface area contributed by atoms with E-state index in [1.807, 2.05) is 35.0 Å². The smallest absolute Gasteiger partial charge is 0.264 e. The van der Waals surface area contributed by atoms with Crippen LogP contribution in [0.25, 0.3) is 11.5 Å². The zero-order chi connectivity index (χ0) is 15.6. The van der Waals surface area contributed by atoms with Gasteiger partial charge in [0.25, 0.3) is 11.8 Å². The first-order valence-electron chi connectivity index (χ1n) is 7.90. The number of aromatic nitrogens is 5. The maximum Gasteiger partial charge on any atom is 0.264 e. The van der Waals surface area contributed by atoms with Gasteiger partial charge in [-0.25, -0.2) is 9.67 Å². The Labute approximate surface area is 133 Å². The fourth-order valence-electron chi connectivity index (χ4n) is 2.79. The van der Waals surface area contributed by atoms with Crippen LogP contribution in [-0.2, 0) is 19.4 Å². The molecule has 4 rings (SSSR count). The number of hydrogen-bond acceptors (Lipinski definition) is 6. The molecule has 0 bridgehead atoms. The topological polar surface area (TPSA) is 81.7 Å². The number of fused-ring (bicyclic) bond motifs is 1. The molecule has 0 spiro atoms. The number of benzene rings is 1. The highest BCUT2D eigenvalue weighted by molar-refractivity contribution is 5.53. The van der Waals surface area contributed by atoms with Gasteiger partial charge < -0.3 is 9.84 Å². The molecule has 118 valence electrons. The molecule has 7 nitrogen and oxygen atoms in total. The normalized spacial score (nSPS) is 17.0. The summed E-state index contributed by atoms with van der Waals surface area (Å²) in [4.78, 5) is 8.95. The minimum atomic E-state index is 0.232. The van der Waals surface area contributed by atoms with Crippen LogP contribution in [0.4, 0.5) is 5.95 Å². The molecule has 0 fully saturated rings. The molecule has 1 aliphatic heterocycles. The van der Waals surface area contributed by atoms with Crippen LogP contribution in [-0.4, -0.2) is 30.9 Å². The Morgan fingerprint density at radius 2 is 2.13 bits per heavy atom. The van der Waals surface area contributed by atoms with Gasteiger partial charge in [-0.2, -0.15) is 10.1 Å². The summed E-state index contributed by atoms with van der Waals surface area (Å²) < 4.78 is 7.31. The van der Waals surface area contributed by atoms with Crippen molar-refractivity contribution < 1.29 is 4.52 Å². The summed E-state index contributed by atoms with van der Waals surface area (Å²) >= 11 is 0. The van der Waals surface area contributed by atoms with E-state index in [1.165, 1.54) is 0 Å². The lowest BCUT2D eigenvalue weighted by Crippen LogP contribution is -2.32. The number of hydrogen-bond donors (Lipinski definition) is 1. The van der Waals surface area contributed by atoms with Gasteiger partial charge in [0, 0.05) is 24.4 Å². The molecule has 23 heavy (non-hydrogen) atoms. The average Bonchev–Trinajstić information content (AvgIpc) is 3.22. The number of rotatable bonds is 4. The molecule has 1 aliphatic rings. The lowest BCUT2D eigenvalue weighted by Gasteiger charge is -2.22. The lowest BCUT2D eigenvalue weighted by atomic mass is 10.1. The monoisotopic (exact) mass is 310 g/mol. The molecule has 0 saturated carbocycles. The second-order valence-corrected chi connectivity index (χ2v) is 5.65. The fourth-order valence-corrected chi connectivity index (χ4v) is 2.79. The number of nitrogens with zero attached hydrogens (tertiary/aromatic N) is 5. The summed E-state index contributed by atoms with van der Waals surface area (Å²) in [6.07, 6.45) is 2.76. The van der Waals surface area contributed by atoms with E-state index < -0.39 is 0 Å². The van der Waals surface area contributed by atoms with Crippen LogP contribution >= 0.6 is 0 Å². The molecule has 2 aromatic heterocycles. The van der Waals surface area contributed by atoms with Crippen LogP contribution < -0.4 is 5.32 Å². The maximum absolute atomic E-state index is 5.32. The van der Waals surface area contributed by atoms with Gasteiger partial charge >= 0.3 is 0 Å². The van der Waals surface area contributed by atoms with E-state index >= 15 is 0 Å². The van der Waals surface area contributed by atoms with Crippen molar-refractivity contribution in [1.29, 1.82) is 0 Å². The van der Waals surface area contributed by atoms with Gasteiger partial charge in [0.05, 0.1) is 6.54 Å². The van der Waals surface area contributed by atoms with Gasteiger partial charge in [-0.05, 0) is 23.7 Å². The molecular weight excluding hydrogens is 292 g/mol. The van der Waals surface area contributed by atoms with E-state index in [0.717, 1.165) is 43.0 Å². The summed E-state index contributed by atoms with van der Waals surface area (Å²) in [5.41, 5.74) is 0.919. The summed E-state index contributed by atoms with van der Waals surface area (Å²) in [7, 11) is 0. The first kappa shape index (κ1) is 13.9. The maximum atomic E-state index is 5.32. The highest BCUT2D eigenvalue weighted by Crippen LogP contribution is 2.20. The number of nitrogens with one attached hydrogen (secondary N) is 1. The Bertz CT molecular complexity index is 794. The first-order chi connectivity index (χ1) is 11.3. The second kappa shape index (κ2) is 5.83. The largest absolute Gasteiger partial charge is 0.347 e. The van der Waals surface area contributed by atoms with Crippen molar-refractivity contribution in [3.8, 4) is 11.5 Å². The molecule has 1 N–H and O–H groups in total. The van der Waals surface area contributed by atoms with Crippen LogP contribution in [0.15, 0.2) is 34.9 Å². The van der Waals surface area contributed by atoms with Crippen molar-refractivity contribution in [2.45, 2.75) is 38.8 Å². The third-order valence-electron chi connectivity index (χ3n) is 4.00. The molecule has 3 aromatic rings. The van der Waals surface area contributed by atoms with E-state index in [0.29, 0.717) is 11.8 Å². The molecule has 1 aromatic carbocycles. The van der Waals surface area contributed by atoms with Crippen LogP contribution in [0, 0.1) is 0 Å². The van der Waals surface area contributed by atoms with E-state index in [9.17, 15) is 0 Å². The van der Waals surface area contributed by atoms with Gasteiger partial charge in [-0.3, -0.25) is 0 Å². The Morgan fingerprint density at radius 1 is 1.26 bits per heavy atom. The SMILES string of the molecule is CCc1nc2n(n1)CC(Nc1noc(-c3ccccc3)n1)CC2. The molecule has 0 aliphatic carbocycles. The molecule has 0 saturated heterocycles. The van der Waals surface area contributed by atoms with Crippen molar-refractivity contribution in [3.05, 3.63) is 42.0 Å². The summed E-state index contributed by atoms with van der Waals surface area (Å²) in [6, 6.07) is 9.99. The molecule has 1 unspecified atom stereocenters. The Morgan fingerprint density at radius 3 is 2.96 bits per heavy atom. The van der Waals surface area contributed by atoms with E-state index in [4.69, 9.17) is 4.52 Å². The standard InChI is InChI=1S/C16H18N6O/c1-2-13-18-14-9-8-12(10-22(14)20-13)17-16-19-15(23-21-16)11-6-4-3-5-7-11/h3-7,12H,2,8-10H2,1H3,(H,17,21). The van der Waals surface area contributed by atoms with E-state index in [1.54, 1.807) is 0 Å². The van der Waals surface area contributed by atoms with Crippen LogP contribution in [0.2, 0.25) is 0 Å². The zero-order valence-electron chi connectivity index (χ0n) is 12.9. The molecule has 7 heteroatoms. The molecule has 1 atom stereocenters. The van der Waals surface area contributed by atoms with Gasteiger partial charge in [-0.15, -0.1) is 0 Å². The fraction of sp³-hybridized carbons (Fsp3) is 0.375. The van der Waals surface area contributed by atoms with Gasteiger partial charge in [0.1, 0.15) is 5.82 Å². The van der Waals surface area contributed by atoms with Gasteiger partial charge in [0.15, 0.2) is 5.82 Å². The minimum absolute atomic E-state index is 0.232. The Hall–Kier alpha value is -2.70. The minimum Gasteiger partial charge on any atom is -0.347 e. The summed E-state index contributed by atoms with van der Waals surface area (Å²) in [6.45, 7) is 2.85. The Balaban J connectivity index is 1.46. The third kappa shape index (κ3) is 2.81. The lowest BCUT2D eigenvalue weighted by molar-refractivity contribution is 0.420. The quantitative estimate of drug-likeness (QED) is 0.796. The van der Waals surface area contributed by atoms with Crippen LogP contribution in [0.3, 0.4) is 0 Å². The van der Waals surface area contributed by atoms with Crippen molar-refractivity contribution in [2.75, 3.05) is 5.32 Å². The summed E-state index contributed by atoms with van der Waals surface area (Å²) in [5.74, 6) is 3.02. The molecular formula is C16H18N6O. The molecule has 3 heterocycles. The summed E-state index contributed by atoms with van der Waals surface area (Å²) in [5, 5.41) is 11.9. The molecule has 0 amide bonds. The average molecular weight is 310 g/mol. The van der Waals surface area contributed by atoms with Crippen molar-refractivity contribution in [2.24, 2.45) is 0 Å². The van der Waals surface area contributed by atoms with Crippen molar-refractivity contribution in [3.63, 3.8) is 0 Å². The first-order valence-corrected chi connectivity index (χ1v) is 7.90. The second-order valence-electron chi connectivity index (χ2n) is 5.65. The van der Waals surface area contributed by atoms with Crippen LogP contribution in [0.5, 0.6) is 0 Å². The molecule has 0 radical (unpaired) electrons. The van der Waals surface area contributed by atoms with E-state index in [2.05, 4.69) is 32.5 Å².